The summed E-state index contributed by atoms with van der Waals surface area (Å²) >= 11 is 0. The van der Waals surface area contributed by atoms with Crippen molar-refractivity contribution in [1.82, 2.24) is 4.90 Å². The van der Waals surface area contributed by atoms with Crippen LogP contribution in [0.4, 0.5) is 4.79 Å². The van der Waals surface area contributed by atoms with Crippen molar-refractivity contribution in [2.75, 3.05) is 0 Å². The van der Waals surface area contributed by atoms with E-state index in [2.05, 4.69) is 0 Å². The van der Waals surface area contributed by atoms with Gasteiger partial charge in [-0.2, -0.15) is 0 Å². The molecule has 2 N–H and O–H groups in total. The van der Waals surface area contributed by atoms with E-state index in [0.717, 1.165) is 0 Å². The van der Waals surface area contributed by atoms with E-state index in [0.29, 0.717) is 10.5 Å². The Balaban J connectivity index is 2.39. The average molecular weight is 271 g/mol. The van der Waals surface area contributed by atoms with Crippen LogP contribution in [0.3, 0.4) is 0 Å². The molecular formula is C14H11N2O4. The molecule has 20 heavy (non-hydrogen) atoms. The van der Waals surface area contributed by atoms with Crippen LogP contribution < -0.4 is 5.73 Å². The summed E-state index contributed by atoms with van der Waals surface area (Å²) in [5, 5.41) is 0. The second kappa shape index (κ2) is 5.83. The smallest absolute Gasteiger partial charge is 0.322 e. The summed E-state index contributed by atoms with van der Waals surface area (Å²) < 4.78 is 4.93. The van der Waals surface area contributed by atoms with Crippen molar-refractivity contribution in [2.24, 2.45) is 5.73 Å². The zero-order valence-electron chi connectivity index (χ0n) is 10.4. The lowest BCUT2D eigenvalue weighted by atomic mass is 10.1. The summed E-state index contributed by atoms with van der Waals surface area (Å²) in [6.45, 7) is 0. The molecule has 1 atom stereocenters. The molecule has 2 aromatic rings. The van der Waals surface area contributed by atoms with Crippen LogP contribution >= 0.6 is 0 Å². The number of nitrogens with zero attached hydrogens (tertiary/aromatic N) is 1. The Labute approximate surface area is 114 Å². The van der Waals surface area contributed by atoms with Crippen molar-refractivity contribution < 1.29 is 18.8 Å². The number of carbonyl (C=O) groups is 2. The molecule has 3 amide bonds. The van der Waals surface area contributed by atoms with Crippen LogP contribution in [-0.4, -0.2) is 23.1 Å². The predicted octanol–water partition coefficient (Wildman–Crippen LogP) is 1.65. The minimum Gasteiger partial charge on any atom is -0.459 e. The average Bonchev–Trinajstić information content (AvgIpc) is 2.98. The Morgan fingerprint density at radius 1 is 1.15 bits per heavy atom. The molecule has 0 aliphatic rings. The highest BCUT2D eigenvalue weighted by molar-refractivity contribution is 6.04. The third-order valence-electron chi connectivity index (χ3n) is 2.67. The van der Waals surface area contributed by atoms with Gasteiger partial charge in [-0.3, -0.25) is 9.59 Å². The molecule has 1 aromatic heterocycles. The van der Waals surface area contributed by atoms with Crippen molar-refractivity contribution in [3.8, 4) is 0 Å². The van der Waals surface area contributed by atoms with Gasteiger partial charge in [-0.15, -0.1) is 0 Å². The van der Waals surface area contributed by atoms with Gasteiger partial charge in [-0.25, -0.2) is 9.69 Å². The van der Waals surface area contributed by atoms with Gasteiger partial charge in [0.25, 0.3) is 5.91 Å². The summed E-state index contributed by atoms with van der Waals surface area (Å²) in [6.07, 6.45) is 2.94. The number of nitrogens with two attached hydrogens (primary N) is 1. The SMILES string of the molecule is NC(=O)N(C(=O)c1ccco1)C([C]=O)c1ccccc1. The number of carbonyl (C=O) groups excluding carboxylic acids is 3. The zero-order chi connectivity index (χ0) is 14.5. The molecule has 0 spiro atoms. The quantitative estimate of drug-likeness (QED) is 0.914. The molecule has 0 saturated heterocycles. The van der Waals surface area contributed by atoms with Gasteiger partial charge in [0.1, 0.15) is 6.04 Å². The number of primary amides is 1. The Bertz CT molecular complexity index is 607. The van der Waals surface area contributed by atoms with Gasteiger partial charge in [0, 0.05) is 0 Å². The van der Waals surface area contributed by atoms with E-state index < -0.39 is 18.0 Å². The number of urea groups is 1. The van der Waals surface area contributed by atoms with Crippen LogP contribution in [0.15, 0.2) is 53.1 Å². The molecule has 1 radical (unpaired) electrons. The predicted molar refractivity (Wildman–Crippen MR) is 69.3 cm³/mol. The molecule has 0 aliphatic heterocycles. The standard InChI is InChI=1S/C14H11N2O4/c15-14(19)16(13(18)12-7-4-8-20-12)11(9-17)10-5-2-1-3-6-10/h1-8,11H,(H2,15,19). The van der Waals surface area contributed by atoms with Crippen LogP contribution in [0, 0.1) is 0 Å². The molecule has 1 heterocycles. The maximum Gasteiger partial charge on any atom is 0.322 e. The normalized spacial score (nSPS) is 11.6. The lowest BCUT2D eigenvalue weighted by Gasteiger charge is -2.23. The fraction of sp³-hybridized carbons (Fsp3) is 0.0714. The van der Waals surface area contributed by atoms with Crippen molar-refractivity contribution >= 4 is 18.2 Å². The fourth-order valence-corrected chi connectivity index (χ4v) is 1.77. The van der Waals surface area contributed by atoms with Gasteiger partial charge < -0.3 is 10.2 Å². The summed E-state index contributed by atoms with van der Waals surface area (Å²) in [6, 6.07) is 8.90. The highest BCUT2D eigenvalue weighted by Gasteiger charge is 2.32. The van der Waals surface area contributed by atoms with Crippen LogP contribution in [-0.2, 0) is 4.79 Å². The highest BCUT2D eigenvalue weighted by Crippen LogP contribution is 2.21. The number of hydrogen-bond donors (Lipinski definition) is 1. The first-order valence-electron chi connectivity index (χ1n) is 5.74. The first-order chi connectivity index (χ1) is 9.65. The topological polar surface area (TPSA) is 93.6 Å². The summed E-state index contributed by atoms with van der Waals surface area (Å²) in [4.78, 5) is 35.5. The highest BCUT2D eigenvalue weighted by atomic mass is 16.3. The van der Waals surface area contributed by atoms with Gasteiger partial charge in [-0.05, 0) is 17.7 Å². The monoisotopic (exact) mass is 271 g/mol. The van der Waals surface area contributed by atoms with Crippen LogP contribution in [0.1, 0.15) is 22.2 Å². The van der Waals surface area contributed by atoms with E-state index in [9.17, 15) is 14.4 Å². The number of imide groups is 1. The summed E-state index contributed by atoms with van der Waals surface area (Å²) in [5.74, 6) is -0.875. The number of furan rings is 1. The number of benzene rings is 1. The van der Waals surface area contributed by atoms with E-state index in [1.807, 2.05) is 0 Å². The Morgan fingerprint density at radius 2 is 1.85 bits per heavy atom. The number of amides is 3. The second-order valence-corrected chi connectivity index (χ2v) is 3.92. The second-order valence-electron chi connectivity index (χ2n) is 3.92. The van der Waals surface area contributed by atoms with Crippen LogP contribution in [0.25, 0.3) is 0 Å². The largest absolute Gasteiger partial charge is 0.459 e. The lowest BCUT2D eigenvalue weighted by Crippen LogP contribution is -2.43. The minimum atomic E-state index is -1.22. The molecule has 0 bridgehead atoms. The summed E-state index contributed by atoms with van der Waals surface area (Å²) in [5.41, 5.74) is 5.63. The van der Waals surface area contributed by atoms with E-state index >= 15 is 0 Å². The Kier molecular flexibility index (Phi) is 3.95. The van der Waals surface area contributed by atoms with Crippen molar-refractivity contribution in [3.63, 3.8) is 0 Å². The molecule has 0 aliphatic carbocycles. The van der Waals surface area contributed by atoms with Gasteiger partial charge in [0.15, 0.2) is 5.76 Å². The Hall–Kier alpha value is -2.89. The Morgan fingerprint density at radius 3 is 2.35 bits per heavy atom. The molecule has 6 nitrogen and oxygen atoms in total. The molecule has 1 unspecified atom stereocenters. The third-order valence-corrected chi connectivity index (χ3v) is 2.67. The van der Waals surface area contributed by atoms with Gasteiger partial charge >= 0.3 is 6.03 Å². The first kappa shape index (κ1) is 13.5. The van der Waals surface area contributed by atoms with Crippen molar-refractivity contribution in [3.05, 3.63) is 60.1 Å². The maximum absolute atomic E-state index is 12.2. The molecule has 101 valence electrons. The van der Waals surface area contributed by atoms with Gasteiger partial charge in [-0.1, -0.05) is 30.3 Å². The third kappa shape index (κ3) is 2.59. The van der Waals surface area contributed by atoms with E-state index in [-0.39, 0.29) is 5.76 Å². The first-order valence-corrected chi connectivity index (χ1v) is 5.74. The minimum absolute atomic E-state index is 0.0834. The number of rotatable bonds is 4. The van der Waals surface area contributed by atoms with Gasteiger partial charge in [0.2, 0.25) is 6.29 Å². The van der Waals surface area contributed by atoms with E-state index in [1.165, 1.54) is 18.4 Å². The zero-order valence-corrected chi connectivity index (χ0v) is 10.4. The number of hydrogen-bond acceptors (Lipinski definition) is 4. The molecule has 0 saturated carbocycles. The van der Waals surface area contributed by atoms with Crippen molar-refractivity contribution in [2.45, 2.75) is 6.04 Å². The molecule has 1 aromatic carbocycles. The molecule has 2 rings (SSSR count). The van der Waals surface area contributed by atoms with E-state index in [1.54, 1.807) is 36.6 Å². The molecule has 6 heteroatoms. The maximum atomic E-state index is 12.2. The molecule has 0 fully saturated rings. The van der Waals surface area contributed by atoms with Gasteiger partial charge in [0.05, 0.1) is 6.26 Å². The van der Waals surface area contributed by atoms with Crippen LogP contribution in [0.5, 0.6) is 0 Å². The molecular weight excluding hydrogens is 260 g/mol. The van der Waals surface area contributed by atoms with Crippen molar-refractivity contribution in [1.29, 1.82) is 0 Å². The lowest BCUT2D eigenvalue weighted by molar-refractivity contribution is 0.0752. The fourth-order valence-electron chi connectivity index (χ4n) is 1.77. The van der Waals surface area contributed by atoms with E-state index in [4.69, 9.17) is 10.2 Å². The summed E-state index contributed by atoms with van der Waals surface area (Å²) in [7, 11) is 0. The van der Waals surface area contributed by atoms with Crippen LogP contribution in [0.2, 0.25) is 0 Å².